The molecule has 0 aliphatic carbocycles. The van der Waals surface area contributed by atoms with Crippen LogP contribution in [0, 0.1) is 17.8 Å². The van der Waals surface area contributed by atoms with E-state index in [1.807, 2.05) is 0 Å². The van der Waals surface area contributed by atoms with Crippen LogP contribution >= 0.6 is 0 Å². The van der Waals surface area contributed by atoms with E-state index in [-0.39, 0.29) is 0 Å². The van der Waals surface area contributed by atoms with Crippen LogP contribution < -0.4 is 3.58 Å². The van der Waals surface area contributed by atoms with Crippen LogP contribution in [-0.4, -0.2) is 37.5 Å². The zero-order valence-electron chi connectivity index (χ0n) is 15.6. The van der Waals surface area contributed by atoms with Gasteiger partial charge < -0.3 is 0 Å². The fourth-order valence-electron chi connectivity index (χ4n) is 1.63. The van der Waals surface area contributed by atoms with Crippen molar-refractivity contribution in [2.75, 3.05) is 0 Å². The Labute approximate surface area is 154 Å². The van der Waals surface area contributed by atoms with Crippen molar-refractivity contribution >= 4 is 41.1 Å². The fraction of sp³-hybridized carbons (Fsp3) is 0.500. The number of hydrogen-bond donors (Lipinski definition) is 0. The van der Waals surface area contributed by atoms with Crippen molar-refractivity contribution in [3.05, 3.63) is 30.3 Å². The summed E-state index contributed by atoms with van der Waals surface area (Å²) in [6, 6.07) is 8.53. The molecule has 0 radical (unpaired) electrons. The number of hydrogen-bond acceptors (Lipinski definition) is 6. The van der Waals surface area contributed by atoms with Crippen molar-refractivity contribution < 1.29 is 23.6 Å². The molecule has 0 aliphatic rings. The van der Waals surface area contributed by atoms with E-state index in [9.17, 15) is 14.4 Å². The van der Waals surface area contributed by atoms with Gasteiger partial charge in [0.2, 0.25) is 0 Å². The average Bonchev–Trinajstić information content (AvgIpc) is 2.54. The van der Waals surface area contributed by atoms with Gasteiger partial charge in [-0.25, -0.2) is 0 Å². The summed E-state index contributed by atoms with van der Waals surface area (Å²) in [5.74, 6) is -3.03. The summed E-state index contributed by atoms with van der Waals surface area (Å²) >= 11 is -5.05. The molecule has 0 spiro atoms. The number of rotatable bonds is 7. The first-order chi connectivity index (χ1) is 11.6. The number of carbonyl (C=O) groups excluding carboxylic acids is 3. The van der Waals surface area contributed by atoms with Gasteiger partial charge in [-0.1, -0.05) is 0 Å². The van der Waals surface area contributed by atoms with Gasteiger partial charge in [0.15, 0.2) is 0 Å². The summed E-state index contributed by atoms with van der Waals surface area (Å²) in [5.41, 5.74) is 0. The van der Waals surface area contributed by atoms with Gasteiger partial charge in [-0.05, 0) is 0 Å². The van der Waals surface area contributed by atoms with Gasteiger partial charge in [0.05, 0.1) is 0 Å². The first kappa shape index (κ1) is 21.5. The van der Waals surface area contributed by atoms with Gasteiger partial charge in [-0.15, -0.1) is 0 Å². The summed E-state index contributed by atoms with van der Waals surface area (Å²) in [6.07, 6.45) is 0. The average molecular weight is 457 g/mol. The Kier molecular flexibility index (Phi) is 7.92. The molecule has 1 rings (SSSR count). The molecule has 6 nitrogen and oxygen atoms in total. The van der Waals surface area contributed by atoms with E-state index in [1.165, 1.54) is 0 Å². The predicted molar refractivity (Wildman–Crippen MR) is 94.6 cm³/mol. The van der Waals surface area contributed by atoms with Gasteiger partial charge in [0.25, 0.3) is 0 Å². The van der Waals surface area contributed by atoms with Crippen LogP contribution in [0.25, 0.3) is 0 Å². The van der Waals surface area contributed by atoms with E-state index in [0.29, 0.717) is 3.58 Å². The van der Waals surface area contributed by atoms with Gasteiger partial charge in [0, 0.05) is 0 Å². The Morgan fingerprint density at radius 1 is 0.680 bits per heavy atom. The predicted octanol–water partition coefficient (Wildman–Crippen LogP) is 2.43. The molecule has 7 heteroatoms. The Balaban J connectivity index is 3.41. The third-order valence-corrected chi connectivity index (χ3v) is 10.2. The SMILES string of the molecule is CC(C)C(=O)[O][Sn]([O]C(=O)C(C)C)([O]C(=O)C(C)C)[c]1ccccc1. The molecule has 138 valence electrons. The molecule has 0 unspecified atom stereocenters. The Hall–Kier alpha value is -1.57. The minimum atomic E-state index is -5.05. The first-order valence-electron chi connectivity index (χ1n) is 8.33. The van der Waals surface area contributed by atoms with E-state index < -0.39 is 55.3 Å². The molecular weight excluding hydrogens is 431 g/mol. The van der Waals surface area contributed by atoms with Crippen LogP contribution in [0.3, 0.4) is 0 Å². The monoisotopic (exact) mass is 458 g/mol. The van der Waals surface area contributed by atoms with Crippen LogP contribution in [0.4, 0.5) is 0 Å². The van der Waals surface area contributed by atoms with Crippen LogP contribution in [0.5, 0.6) is 0 Å². The molecule has 0 fully saturated rings. The van der Waals surface area contributed by atoms with Crippen LogP contribution in [0.15, 0.2) is 30.3 Å². The van der Waals surface area contributed by atoms with E-state index in [0.717, 1.165) is 0 Å². The van der Waals surface area contributed by atoms with Crippen molar-refractivity contribution in [2.24, 2.45) is 17.8 Å². The molecule has 1 aromatic carbocycles. The van der Waals surface area contributed by atoms with E-state index in [1.54, 1.807) is 71.9 Å². The molecule has 0 saturated carbocycles. The topological polar surface area (TPSA) is 78.9 Å². The van der Waals surface area contributed by atoms with E-state index in [4.69, 9.17) is 9.22 Å². The standard InChI is InChI=1S/C6H5.3C4H8O2.Sn/c1-2-4-6-5-3-1;3*1-3(2)4(5)6;/h1-5H;3*3H,1-2H3,(H,5,6);/q;;;;+3/p-3. The molecule has 0 atom stereocenters. The van der Waals surface area contributed by atoms with Crippen LogP contribution in [0.1, 0.15) is 41.5 Å². The molecule has 25 heavy (non-hydrogen) atoms. The quantitative estimate of drug-likeness (QED) is 0.586. The minimum absolute atomic E-state index is 0.449. The zero-order chi connectivity index (χ0) is 19.2. The molecular formula is C18H26O6Sn. The third-order valence-electron chi connectivity index (χ3n) is 3.25. The van der Waals surface area contributed by atoms with Gasteiger partial charge in [0.1, 0.15) is 0 Å². The first-order valence-corrected chi connectivity index (χ1v) is 13.3. The van der Waals surface area contributed by atoms with E-state index >= 15 is 0 Å². The maximum absolute atomic E-state index is 12.3. The van der Waals surface area contributed by atoms with Crippen molar-refractivity contribution in [3.63, 3.8) is 0 Å². The van der Waals surface area contributed by atoms with Gasteiger partial charge in [-0.3, -0.25) is 0 Å². The molecule has 0 N–H and O–H groups in total. The second-order valence-corrected chi connectivity index (χ2v) is 13.2. The second kappa shape index (κ2) is 9.22. The Bertz CT molecular complexity index is 554. The summed E-state index contributed by atoms with van der Waals surface area (Å²) in [7, 11) is 0. The van der Waals surface area contributed by atoms with Crippen LogP contribution in [0.2, 0.25) is 0 Å². The van der Waals surface area contributed by atoms with E-state index in [2.05, 4.69) is 0 Å². The summed E-state index contributed by atoms with van der Waals surface area (Å²) in [5, 5.41) is 0. The maximum atomic E-state index is 12.3. The summed E-state index contributed by atoms with van der Waals surface area (Å²) in [6.45, 7) is 9.99. The fourth-order valence-corrected chi connectivity index (χ4v) is 9.00. The molecule has 0 aliphatic heterocycles. The number of carbonyl (C=O) groups is 3. The van der Waals surface area contributed by atoms with Crippen LogP contribution in [-0.2, 0) is 23.6 Å². The Morgan fingerprint density at radius 2 is 1.00 bits per heavy atom. The third kappa shape index (κ3) is 6.02. The van der Waals surface area contributed by atoms with Crippen molar-refractivity contribution in [1.82, 2.24) is 0 Å². The molecule has 1 aromatic rings. The summed E-state index contributed by atoms with van der Waals surface area (Å²) in [4.78, 5) is 36.8. The van der Waals surface area contributed by atoms with Crippen molar-refractivity contribution in [1.29, 1.82) is 0 Å². The van der Waals surface area contributed by atoms with Crippen molar-refractivity contribution in [2.45, 2.75) is 41.5 Å². The van der Waals surface area contributed by atoms with Crippen molar-refractivity contribution in [3.8, 4) is 0 Å². The molecule has 0 aromatic heterocycles. The molecule has 0 saturated heterocycles. The summed E-state index contributed by atoms with van der Waals surface area (Å²) < 4.78 is 17.3. The molecule has 0 amide bonds. The normalized spacial score (nSPS) is 11.6. The number of benzene rings is 1. The Morgan fingerprint density at radius 3 is 1.28 bits per heavy atom. The second-order valence-electron chi connectivity index (χ2n) is 6.65. The molecule has 0 heterocycles. The van der Waals surface area contributed by atoms with Gasteiger partial charge >= 0.3 is 154 Å². The zero-order valence-corrected chi connectivity index (χ0v) is 18.4. The molecule has 0 bridgehead atoms. The van der Waals surface area contributed by atoms with Gasteiger partial charge in [-0.2, -0.15) is 0 Å².